The summed E-state index contributed by atoms with van der Waals surface area (Å²) in [4.78, 5) is 29.2. The van der Waals surface area contributed by atoms with Gasteiger partial charge in [0, 0.05) is 45.1 Å². The van der Waals surface area contributed by atoms with Crippen LogP contribution in [0.3, 0.4) is 0 Å². The number of fused-ring (bicyclic) bond motifs is 2. The molecule has 2 heterocycles. The first-order chi connectivity index (χ1) is 15.9. The van der Waals surface area contributed by atoms with Crippen LogP contribution in [0, 0.1) is 5.92 Å². The first kappa shape index (κ1) is 25.4. The van der Waals surface area contributed by atoms with Crippen molar-refractivity contribution in [1.82, 2.24) is 30.1 Å². The second-order valence-corrected chi connectivity index (χ2v) is 9.65. The van der Waals surface area contributed by atoms with E-state index in [1.165, 1.54) is 6.42 Å². The van der Waals surface area contributed by atoms with E-state index in [4.69, 9.17) is 4.74 Å². The Morgan fingerprint density at radius 1 is 1.33 bits per heavy atom. The van der Waals surface area contributed by atoms with Crippen molar-refractivity contribution in [1.29, 1.82) is 0 Å². The average molecular weight is 465 g/mol. The summed E-state index contributed by atoms with van der Waals surface area (Å²) in [5.41, 5.74) is 0.729. The number of hydrogen-bond acceptors (Lipinski definition) is 6. The van der Waals surface area contributed by atoms with Crippen molar-refractivity contribution < 1.29 is 19.4 Å². The molecular weight excluding hydrogens is 424 g/mol. The molecule has 3 rings (SSSR count). The summed E-state index contributed by atoms with van der Waals surface area (Å²) in [6.45, 7) is 5.51. The van der Waals surface area contributed by atoms with Crippen LogP contribution in [0.5, 0.6) is 0 Å². The van der Waals surface area contributed by atoms with Crippen molar-refractivity contribution in [3.63, 3.8) is 0 Å². The van der Waals surface area contributed by atoms with Gasteiger partial charge >= 0.3 is 6.03 Å². The van der Waals surface area contributed by atoms with Gasteiger partial charge in [0.25, 0.3) is 0 Å². The predicted octanol–water partition coefficient (Wildman–Crippen LogP) is 1.78. The lowest BCUT2D eigenvalue weighted by Gasteiger charge is -2.35. The third-order valence-corrected chi connectivity index (χ3v) is 6.78. The highest BCUT2D eigenvalue weighted by atomic mass is 16.5. The van der Waals surface area contributed by atoms with Gasteiger partial charge in [0.2, 0.25) is 5.91 Å². The summed E-state index contributed by atoms with van der Waals surface area (Å²) in [5, 5.41) is 21.2. The third kappa shape index (κ3) is 7.40. The Kier molecular flexibility index (Phi) is 9.49. The minimum Gasteiger partial charge on any atom is -0.394 e. The third-order valence-electron chi connectivity index (χ3n) is 6.78. The van der Waals surface area contributed by atoms with E-state index in [1.54, 1.807) is 21.5 Å². The Hall–Kier alpha value is -2.20. The highest BCUT2D eigenvalue weighted by Gasteiger charge is 2.29. The summed E-state index contributed by atoms with van der Waals surface area (Å²) >= 11 is 0. The highest BCUT2D eigenvalue weighted by Crippen LogP contribution is 2.19. The van der Waals surface area contributed by atoms with Gasteiger partial charge in [0.1, 0.15) is 5.69 Å². The number of nitrogens with zero attached hydrogens (tertiary/aromatic N) is 5. The molecule has 1 aromatic rings. The average Bonchev–Trinajstić information content (AvgIpc) is 3.27. The van der Waals surface area contributed by atoms with E-state index in [1.807, 2.05) is 20.0 Å². The smallest absolute Gasteiger partial charge is 0.317 e. The maximum absolute atomic E-state index is 12.9. The molecule has 0 unspecified atom stereocenters. The number of carbonyl (C=O) groups excluding carboxylic acids is 2. The van der Waals surface area contributed by atoms with E-state index < -0.39 is 0 Å². The molecule has 0 radical (unpaired) electrons. The summed E-state index contributed by atoms with van der Waals surface area (Å²) in [7, 11) is 1.78. The van der Waals surface area contributed by atoms with Crippen molar-refractivity contribution in [2.24, 2.45) is 5.92 Å². The van der Waals surface area contributed by atoms with Crippen LogP contribution in [0.2, 0.25) is 0 Å². The molecule has 10 heteroatoms. The molecule has 186 valence electrons. The SMILES string of the molecule is C[C@@H]1CN([C@@H](C)CO)C(=O)CCCn2cc(nn2)CO[C@H]1CN(C)C(=O)NC1CCCCC1. The topological polar surface area (TPSA) is 113 Å². The number of aliphatic hydroxyl groups is 1. The summed E-state index contributed by atoms with van der Waals surface area (Å²) in [6.07, 6.45) is 8.18. The molecule has 0 aromatic carbocycles. The number of carbonyl (C=O) groups is 2. The number of likely N-dealkylation sites (N-methyl/N-ethyl adjacent to an activating group) is 1. The fourth-order valence-electron chi connectivity index (χ4n) is 4.58. The molecule has 1 aliphatic heterocycles. The lowest BCUT2D eigenvalue weighted by atomic mass is 9.96. The lowest BCUT2D eigenvalue weighted by Crippen LogP contribution is -2.50. The number of aryl methyl sites for hydroxylation is 1. The van der Waals surface area contributed by atoms with Crippen LogP contribution in [0.4, 0.5) is 4.79 Å². The van der Waals surface area contributed by atoms with Crippen molar-refractivity contribution in [2.45, 2.75) is 90.1 Å². The largest absolute Gasteiger partial charge is 0.394 e. The van der Waals surface area contributed by atoms with Crippen LogP contribution >= 0.6 is 0 Å². The Morgan fingerprint density at radius 2 is 2.09 bits per heavy atom. The summed E-state index contributed by atoms with van der Waals surface area (Å²) in [5.74, 6) is -0.0474. The van der Waals surface area contributed by atoms with Crippen molar-refractivity contribution in [3.8, 4) is 0 Å². The van der Waals surface area contributed by atoms with Crippen LogP contribution in [0.25, 0.3) is 0 Å². The minimum absolute atomic E-state index is 0.00475. The van der Waals surface area contributed by atoms with Crippen LogP contribution in [-0.4, -0.2) is 86.8 Å². The zero-order chi connectivity index (χ0) is 23.8. The standard InChI is InChI=1S/C23H40N6O4/c1-17-12-29(18(2)15-30)22(31)10-7-11-28-13-20(25-26-28)16-33-21(17)14-27(3)23(32)24-19-8-5-4-6-9-19/h13,17-19,21,30H,4-12,14-16H2,1-3H3,(H,24,32)/t17-,18+,21+/m1/s1. The number of ether oxygens (including phenoxy) is 1. The first-order valence-corrected chi connectivity index (χ1v) is 12.3. The molecule has 1 fully saturated rings. The maximum atomic E-state index is 12.9. The number of hydrogen-bond donors (Lipinski definition) is 2. The number of rotatable bonds is 5. The Bertz CT molecular complexity index is 766. The van der Waals surface area contributed by atoms with Gasteiger partial charge < -0.3 is 25.0 Å². The molecule has 33 heavy (non-hydrogen) atoms. The van der Waals surface area contributed by atoms with Crippen LogP contribution in [0.1, 0.15) is 64.5 Å². The number of amides is 3. The predicted molar refractivity (Wildman–Crippen MR) is 123 cm³/mol. The van der Waals surface area contributed by atoms with Crippen molar-refractivity contribution >= 4 is 11.9 Å². The molecule has 2 N–H and O–H groups in total. The van der Waals surface area contributed by atoms with E-state index in [0.29, 0.717) is 32.5 Å². The normalized spacial score (nSPS) is 24.4. The van der Waals surface area contributed by atoms with E-state index in [-0.39, 0.29) is 49.3 Å². The highest BCUT2D eigenvalue weighted by molar-refractivity contribution is 5.76. The molecule has 10 nitrogen and oxygen atoms in total. The quantitative estimate of drug-likeness (QED) is 0.687. The van der Waals surface area contributed by atoms with E-state index in [2.05, 4.69) is 15.6 Å². The Balaban J connectivity index is 1.71. The minimum atomic E-state index is -0.306. The fraction of sp³-hybridized carbons (Fsp3) is 0.826. The second-order valence-electron chi connectivity index (χ2n) is 9.65. The van der Waals surface area contributed by atoms with Crippen molar-refractivity contribution in [3.05, 3.63) is 11.9 Å². The van der Waals surface area contributed by atoms with Crippen molar-refractivity contribution in [2.75, 3.05) is 26.7 Å². The zero-order valence-electron chi connectivity index (χ0n) is 20.3. The molecule has 3 amide bonds. The fourth-order valence-corrected chi connectivity index (χ4v) is 4.58. The second kappa shape index (κ2) is 12.3. The van der Waals surface area contributed by atoms with Crippen LogP contribution in [0.15, 0.2) is 6.20 Å². The summed E-state index contributed by atoms with van der Waals surface area (Å²) in [6, 6.07) is -0.140. The molecule has 0 spiro atoms. The van der Waals surface area contributed by atoms with Gasteiger partial charge in [0.15, 0.2) is 0 Å². The molecule has 2 aliphatic rings. The molecule has 0 saturated heterocycles. The zero-order valence-corrected chi connectivity index (χ0v) is 20.3. The van der Waals surface area contributed by atoms with Crippen LogP contribution in [-0.2, 0) is 22.7 Å². The van der Waals surface area contributed by atoms with E-state index in [0.717, 1.165) is 31.4 Å². The lowest BCUT2D eigenvalue weighted by molar-refractivity contribution is -0.136. The van der Waals surface area contributed by atoms with E-state index >= 15 is 0 Å². The van der Waals surface area contributed by atoms with Gasteiger partial charge in [0.05, 0.1) is 31.6 Å². The summed E-state index contributed by atoms with van der Waals surface area (Å²) < 4.78 is 7.96. The van der Waals surface area contributed by atoms with Gasteiger partial charge in [-0.2, -0.15) is 0 Å². The van der Waals surface area contributed by atoms with Gasteiger partial charge in [-0.3, -0.25) is 9.48 Å². The number of aromatic nitrogens is 3. The molecular formula is C23H40N6O4. The molecule has 3 atom stereocenters. The maximum Gasteiger partial charge on any atom is 0.317 e. The monoisotopic (exact) mass is 464 g/mol. The number of nitrogens with one attached hydrogen (secondary N) is 1. The molecule has 2 bridgehead atoms. The van der Waals surface area contributed by atoms with Crippen LogP contribution < -0.4 is 5.32 Å². The van der Waals surface area contributed by atoms with Gasteiger partial charge in [-0.05, 0) is 26.2 Å². The first-order valence-electron chi connectivity index (χ1n) is 12.3. The van der Waals surface area contributed by atoms with Gasteiger partial charge in [-0.25, -0.2) is 4.79 Å². The van der Waals surface area contributed by atoms with Gasteiger partial charge in [-0.1, -0.05) is 31.4 Å². The number of urea groups is 1. The Morgan fingerprint density at radius 3 is 2.82 bits per heavy atom. The number of aliphatic hydroxyl groups excluding tert-OH is 1. The van der Waals surface area contributed by atoms with E-state index in [9.17, 15) is 14.7 Å². The molecule has 1 aromatic heterocycles. The Labute approximate surface area is 196 Å². The molecule has 1 saturated carbocycles. The molecule has 1 aliphatic carbocycles. The van der Waals surface area contributed by atoms with Gasteiger partial charge in [-0.15, -0.1) is 5.10 Å².